The number of benzene rings is 1. The summed E-state index contributed by atoms with van der Waals surface area (Å²) in [7, 11) is 0. The molecule has 1 aliphatic rings. The molecule has 0 saturated heterocycles. The number of aliphatic hydroxyl groups is 1. The Bertz CT molecular complexity index is 1100. The van der Waals surface area contributed by atoms with Gasteiger partial charge in [-0.2, -0.15) is 0 Å². The van der Waals surface area contributed by atoms with Crippen LogP contribution in [-0.2, 0) is 18.6 Å². The van der Waals surface area contributed by atoms with Crippen molar-refractivity contribution in [1.29, 1.82) is 0 Å². The Labute approximate surface area is 173 Å². The van der Waals surface area contributed by atoms with Crippen molar-refractivity contribution < 1.29 is 14.6 Å². The summed E-state index contributed by atoms with van der Waals surface area (Å²) in [5.41, 5.74) is 0.823. The molecule has 0 saturated carbocycles. The van der Waals surface area contributed by atoms with Gasteiger partial charge in [-0.1, -0.05) is 0 Å². The van der Waals surface area contributed by atoms with Crippen LogP contribution in [0.25, 0.3) is 10.9 Å². The van der Waals surface area contributed by atoms with Crippen LogP contribution in [0.3, 0.4) is 0 Å². The fourth-order valence-electron chi connectivity index (χ4n) is 3.53. The second-order valence-corrected chi connectivity index (χ2v) is 8.32. The predicted octanol–water partition coefficient (Wildman–Crippen LogP) is 1.04. The molecule has 0 aliphatic carbocycles. The van der Waals surface area contributed by atoms with Crippen molar-refractivity contribution in [2.75, 3.05) is 26.4 Å². The van der Waals surface area contributed by atoms with Crippen LogP contribution in [0.1, 0.15) is 32.2 Å². The highest BCUT2D eigenvalue weighted by atomic mass is 16.6. The first-order chi connectivity index (χ1) is 14.3. The third-order valence-corrected chi connectivity index (χ3v) is 4.93. The van der Waals surface area contributed by atoms with Crippen LogP contribution in [0.2, 0.25) is 0 Å². The van der Waals surface area contributed by atoms with Crippen LogP contribution in [0, 0.1) is 0 Å². The molecule has 4 rings (SSSR count). The number of aliphatic hydroxyl groups excluding tert-OH is 1. The maximum atomic E-state index is 12.7. The number of hydrogen-bond acceptors (Lipinski definition) is 8. The van der Waals surface area contributed by atoms with E-state index in [9.17, 15) is 9.90 Å². The minimum atomic E-state index is -0.273. The molecule has 0 radical (unpaired) electrons. The highest BCUT2D eigenvalue weighted by molar-refractivity contribution is 5.83. The summed E-state index contributed by atoms with van der Waals surface area (Å²) in [6, 6.07) is 5.52. The number of hydrogen-bond donors (Lipinski definition) is 2. The maximum absolute atomic E-state index is 12.7. The number of fused-ring (bicyclic) bond motifs is 2. The van der Waals surface area contributed by atoms with Gasteiger partial charge in [0.1, 0.15) is 13.2 Å². The van der Waals surface area contributed by atoms with Crippen molar-refractivity contribution in [1.82, 2.24) is 30.1 Å². The Morgan fingerprint density at radius 2 is 1.90 bits per heavy atom. The number of aromatic nitrogens is 5. The van der Waals surface area contributed by atoms with Gasteiger partial charge in [-0.05, 0) is 43.3 Å². The van der Waals surface area contributed by atoms with Gasteiger partial charge in [0.2, 0.25) is 0 Å². The third kappa shape index (κ3) is 4.14. The molecule has 0 fully saturated rings. The van der Waals surface area contributed by atoms with Crippen LogP contribution in [0.5, 0.6) is 11.5 Å². The topological polar surface area (TPSA) is 118 Å². The standard InChI is InChI=1S/C20H26N6O4/c1-20(2,3)26-18(22-23-24-26)12-25(4-5-27)11-14-8-13-9-16-17(30-7-6-29-16)10-15(13)21-19(14)28/h8-10,27H,4-7,11-12H2,1-3H3,(H,21,28). The van der Waals surface area contributed by atoms with Crippen LogP contribution in [0.15, 0.2) is 23.0 Å². The van der Waals surface area contributed by atoms with Crippen molar-refractivity contribution >= 4 is 10.9 Å². The molecule has 2 N–H and O–H groups in total. The molecule has 160 valence electrons. The number of pyridine rings is 1. The molecule has 2 aromatic heterocycles. The van der Waals surface area contributed by atoms with Crippen LogP contribution >= 0.6 is 0 Å². The number of nitrogens with zero attached hydrogens (tertiary/aromatic N) is 5. The zero-order chi connectivity index (χ0) is 21.3. The molecule has 1 aliphatic heterocycles. The zero-order valence-electron chi connectivity index (χ0n) is 17.4. The first-order valence-electron chi connectivity index (χ1n) is 9.91. The van der Waals surface area contributed by atoms with Gasteiger partial charge in [-0.25, -0.2) is 4.68 Å². The molecule has 10 nitrogen and oxygen atoms in total. The minimum absolute atomic E-state index is 0.0404. The van der Waals surface area contributed by atoms with Crippen molar-refractivity contribution in [3.05, 3.63) is 39.9 Å². The van der Waals surface area contributed by atoms with E-state index < -0.39 is 0 Å². The lowest BCUT2D eigenvalue weighted by molar-refractivity contribution is 0.172. The zero-order valence-corrected chi connectivity index (χ0v) is 17.4. The number of aromatic amines is 1. The maximum Gasteiger partial charge on any atom is 0.252 e. The van der Waals surface area contributed by atoms with E-state index in [0.717, 1.165) is 5.39 Å². The Morgan fingerprint density at radius 3 is 2.60 bits per heavy atom. The van der Waals surface area contributed by atoms with Gasteiger partial charge in [0.05, 0.1) is 24.2 Å². The minimum Gasteiger partial charge on any atom is -0.486 e. The molecule has 0 atom stereocenters. The molecule has 30 heavy (non-hydrogen) atoms. The summed E-state index contributed by atoms with van der Waals surface area (Å²) >= 11 is 0. The lowest BCUT2D eigenvalue weighted by Crippen LogP contribution is -2.33. The van der Waals surface area contributed by atoms with Crippen LogP contribution < -0.4 is 15.0 Å². The van der Waals surface area contributed by atoms with E-state index in [1.165, 1.54) is 0 Å². The summed E-state index contributed by atoms with van der Waals surface area (Å²) in [5.74, 6) is 1.98. The molecule has 3 aromatic rings. The van der Waals surface area contributed by atoms with Gasteiger partial charge in [0.25, 0.3) is 5.56 Å². The Hall–Kier alpha value is -2.98. The Kier molecular flexibility index (Phi) is 5.44. The molecule has 0 unspecified atom stereocenters. The first kappa shape index (κ1) is 20.3. The molecular weight excluding hydrogens is 388 g/mol. The highest BCUT2D eigenvalue weighted by Crippen LogP contribution is 2.33. The number of tetrazole rings is 1. The van der Waals surface area contributed by atoms with E-state index in [-0.39, 0.29) is 17.7 Å². The van der Waals surface area contributed by atoms with Gasteiger partial charge < -0.3 is 19.6 Å². The molecule has 0 bridgehead atoms. The summed E-state index contributed by atoms with van der Waals surface area (Å²) in [5, 5.41) is 22.4. The molecule has 1 aromatic carbocycles. The van der Waals surface area contributed by atoms with Gasteiger partial charge in [-0.3, -0.25) is 9.69 Å². The van der Waals surface area contributed by atoms with Crippen LogP contribution in [0.4, 0.5) is 0 Å². The van der Waals surface area contributed by atoms with Gasteiger partial charge in [-0.15, -0.1) is 5.10 Å². The summed E-state index contributed by atoms with van der Waals surface area (Å²) < 4.78 is 13.0. The van der Waals surface area contributed by atoms with Gasteiger partial charge in [0.15, 0.2) is 17.3 Å². The summed E-state index contributed by atoms with van der Waals surface area (Å²) in [6.45, 7) is 8.14. The number of H-pyrrole nitrogens is 1. The number of nitrogens with one attached hydrogen (secondary N) is 1. The van der Waals surface area contributed by atoms with Crippen molar-refractivity contribution in [3.8, 4) is 11.5 Å². The van der Waals surface area contributed by atoms with Gasteiger partial charge in [0, 0.05) is 30.1 Å². The van der Waals surface area contributed by atoms with E-state index >= 15 is 0 Å². The number of rotatable bonds is 6. The third-order valence-electron chi connectivity index (χ3n) is 4.93. The fourth-order valence-corrected chi connectivity index (χ4v) is 3.53. The molecule has 10 heteroatoms. The Balaban J connectivity index is 1.62. The molecule has 3 heterocycles. The largest absolute Gasteiger partial charge is 0.486 e. The lowest BCUT2D eigenvalue weighted by Gasteiger charge is -2.24. The number of ether oxygens (including phenoxy) is 2. The highest BCUT2D eigenvalue weighted by Gasteiger charge is 2.22. The Morgan fingerprint density at radius 1 is 1.17 bits per heavy atom. The van der Waals surface area contributed by atoms with E-state index in [2.05, 4.69) is 20.5 Å². The van der Waals surface area contributed by atoms with E-state index in [0.29, 0.717) is 61.3 Å². The quantitative estimate of drug-likeness (QED) is 0.614. The normalized spacial score (nSPS) is 13.9. The van der Waals surface area contributed by atoms with Gasteiger partial charge >= 0.3 is 0 Å². The SMILES string of the molecule is CC(C)(C)n1nnnc1CN(CCO)Cc1cc2cc3c(cc2[nH]c1=O)OCCO3. The molecular formula is C20H26N6O4. The molecule has 0 spiro atoms. The second kappa shape index (κ2) is 8.04. The van der Waals surface area contributed by atoms with E-state index in [4.69, 9.17) is 9.47 Å². The van der Waals surface area contributed by atoms with E-state index in [1.807, 2.05) is 37.8 Å². The predicted molar refractivity (Wildman–Crippen MR) is 110 cm³/mol. The van der Waals surface area contributed by atoms with Crippen molar-refractivity contribution in [2.45, 2.75) is 39.4 Å². The average molecular weight is 414 g/mol. The lowest BCUT2D eigenvalue weighted by atomic mass is 10.1. The summed E-state index contributed by atoms with van der Waals surface area (Å²) in [6.07, 6.45) is 0. The fraction of sp³-hybridized carbons (Fsp3) is 0.500. The first-order valence-corrected chi connectivity index (χ1v) is 9.91. The second-order valence-electron chi connectivity index (χ2n) is 8.32. The average Bonchev–Trinajstić information content (AvgIpc) is 3.16. The smallest absolute Gasteiger partial charge is 0.252 e. The van der Waals surface area contributed by atoms with Crippen molar-refractivity contribution in [2.24, 2.45) is 0 Å². The monoisotopic (exact) mass is 414 g/mol. The molecule has 0 amide bonds. The van der Waals surface area contributed by atoms with Crippen LogP contribution in [-0.4, -0.2) is 61.6 Å². The van der Waals surface area contributed by atoms with Crippen molar-refractivity contribution in [3.63, 3.8) is 0 Å². The summed E-state index contributed by atoms with van der Waals surface area (Å²) in [4.78, 5) is 17.6. The van der Waals surface area contributed by atoms with E-state index in [1.54, 1.807) is 10.7 Å².